The van der Waals surface area contributed by atoms with Crippen LogP contribution in [0.2, 0.25) is 10.0 Å². The molecule has 0 saturated heterocycles. The maximum Gasteiger partial charge on any atom is 0.241 e. The maximum absolute atomic E-state index is 12.9. The summed E-state index contributed by atoms with van der Waals surface area (Å²) in [5.41, 5.74) is 1.95. The Hall–Kier alpha value is -2.54. The second-order valence-electron chi connectivity index (χ2n) is 6.69. The topological polar surface area (TPSA) is 66.5 Å². The van der Waals surface area contributed by atoms with E-state index in [0.29, 0.717) is 5.02 Å². The molecule has 1 N–H and O–H groups in total. The van der Waals surface area contributed by atoms with Crippen molar-refractivity contribution in [3.8, 4) is 0 Å². The summed E-state index contributed by atoms with van der Waals surface area (Å²) in [6, 6.07) is 22.9. The lowest BCUT2D eigenvalue weighted by Gasteiger charge is -2.25. The van der Waals surface area contributed by atoms with Crippen LogP contribution in [0.4, 0.5) is 5.69 Å². The first-order valence-electron chi connectivity index (χ1n) is 9.08. The first-order chi connectivity index (χ1) is 14.3. The second-order valence-corrected chi connectivity index (χ2v) is 9.44. The molecule has 0 aliphatic rings. The average Bonchev–Trinajstić information content (AvgIpc) is 2.71. The Kier molecular flexibility index (Phi) is 7.02. The molecule has 0 saturated carbocycles. The van der Waals surface area contributed by atoms with Crippen molar-refractivity contribution in [2.75, 3.05) is 17.1 Å². The molecule has 0 radical (unpaired) electrons. The van der Waals surface area contributed by atoms with E-state index in [1.807, 2.05) is 60.7 Å². The van der Waals surface area contributed by atoms with Gasteiger partial charge in [0.05, 0.1) is 23.0 Å². The highest BCUT2D eigenvalue weighted by molar-refractivity contribution is 7.92. The predicted octanol–water partition coefficient (Wildman–Crippen LogP) is 4.67. The van der Waals surface area contributed by atoms with Gasteiger partial charge in [0.2, 0.25) is 15.9 Å². The molecule has 3 aromatic rings. The number of rotatable bonds is 7. The van der Waals surface area contributed by atoms with Crippen molar-refractivity contribution in [3.05, 3.63) is 100 Å². The monoisotopic (exact) mass is 462 g/mol. The molecular weight excluding hydrogens is 443 g/mol. The van der Waals surface area contributed by atoms with Gasteiger partial charge in [0, 0.05) is 5.02 Å². The lowest BCUT2D eigenvalue weighted by Crippen LogP contribution is -2.42. The minimum atomic E-state index is -3.77. The van der Waals surface area contributed by atoms with Gasteiger partial charge in [0.15, 0.2) is 0 Å². The van der Waals surface area contributed by atoms with E-state index in [9.17, 15) is 13.2 Å². The molecular formula is C22H20Cl2N2O3S. The van der Waals surface area contributed by atoms with E-state index in [-0.39, 0.29) is 10.7 Å². The van der Waals surface area contributed by atoms with Gasteiger partial charge in [-0.15, -0.1) is 0 Å². The Bertz CT molecular complexity index is 1080. The maximum atomic E-state index is 12.9. The summed E-state index contributed by atoms with van der Waals surface area (Å²) in [5.74, 6) is -0.468. The Morgan fingerprint density at radius 1 is 0.933 bits per heavy atom. The summed E-state index contributed by atoms with van der Waals surface area (Å²) in [5, 5.41) is 3.45. The van der Waals surface area contributed by atoms with Gasteiger partial charge in [-0.1, -0.05) is 83.9 Å². The molecule has 0 aliphatic carbocycles. The van der Waals surface area contributed by atoms with Crippen molar-refractivity contribution >= 4 is 44.8 Å². The minimum Gasteiger partial charge on any atom is -0.344 e. The zero-order valence-electron chi connectivity index (χ0n) is 16.1. The van der Waals surface area contributed by atoms with Gasteiger partial charge < -0.3 is 5.32 Å². The number of carbonyl (C=O) groups is 1. The zero-order valence-corrected chi connectivity index (χ0v) is 18.5. The van der Waals surface area contributed by atoms with Crippen molar-refractivity contribution in [2.24, 2.45) is 0 Å². The zero-order chi connectivity index (χ0) is 21.7. The van der Waals surface area contributed by atoms with Gasteiger partial charge in [0.1, 0.15) is 6.54 Å². The van der Waals surface area contributed by atoms with Gasteiger partial charge in [-0.05, 0) is 29.3 Å². The van der Waals surface area contributed by atoms with Crippen LogP contribution in [0.15, 0.2) is 78.9 Å². The van der Waals surface area contributed by atoms with Gasteiger partial charge in [0.25, 0.3) is 0 Å². The number of benzene rings is 3. The Morgan fingerprint density at radius 2 is 1.47 bits per heavy atom. The summed E-state index contributed by atoms with van der Waals surface area (Å²) < 4.78 is 25.7. The summed E-state index contributed by atoms with van der Waals surface area (Å²) in [7, 11) is -3.77. The Balaban J connectivity index is 1.89. The first-order valence-corrected chi connectivity index (χ1v) is 11.7. The van der Waals surface area contributed by atoms with E-state index < -0.39 is 28.5 Å². The second kappa shape index (κ2) is 9.51. The number of nitrogens with zero attached hydrogens (tertiary/aromatic N) is 1. The van der Waals surface area contributed by atoms with Crippen molar-refractivity contribution in [3.63, 3.8) is 0 Å². The SMILES string of the molecule is CS(=O)(=O)N(CC(=O)NC(c1ccccc1)c1ccccc1)c1ccc(Cl)cc1Cl. The lowest BCUT2D eigenvalue weighted by molar-refractivity contribution is -0.120. The molecule has 3 aromatic carbocycles. The largest absolute Gasteiger partial charge is 0.344 e. The summed E-state index contributed by atoms with van der Waals surface area (Å²) in [6.45, 7) is -0.420. The van der Waals surface area contributed by atoms with Crippen LogP contribution in [0.25, 0.3) is 0 Å². The van der Waals surface area contributed by atoms with Gasteiger partial charge >= 0.3 is 0 Å². The van der Waals surface area contributed by atoms with E-state index in [4.69, 9.17) is 23.2 Å². The number of halogens is 2. The van der Waals surface area contributed by atoms with Crippen LogP contribution in [0.1, 0.15) is 17.2 Å². The van der Waals surface area contributed by atoms with Crippen LogP contribution < -0.4 is 9.62 Å². The molecule has 30 heavy (non-hydrogen) atoms. The highest BCUT2D eigenvalue weighted by Crippen LogP contribution is 2.30. The fourth-order valence-corrected chi connectivity index (χ4v) is 4.48. The number of anilines is 1. The van der Waals surface area contributed by atoms with Crippen LogP contribution in [-0.2, 0) is 14.8 Å². The van der Waals surface area contributed by atoms with Crippen molar-refractivity contribution in [2.45, 2.75) is 6.04 Å². The van der Waals surface area contributed by atoms with Crippen molar-refractivity contribution in [1.29, 1.82) is 0 Å². The van der Waals surface area contributed by atoms with Crippen LogP contribution in [0.5, 0.6) is 0 Å². The summed E-state index contributed by atoms with van der Waals surface area (Å²) in [4.78, 5) is 12.9. The van der Waals surface area contributed by atoms with E-state index in [1.165, 1.54) is 18.2 Å². The molecule has 3 rings (SSSR count). The third-order valence-corrected chi connectivity index (χ3v) is 6.10. The molecule has 156 valence electrons. The van der Waals surface area contributed by atoms with Crippen molar-refractivity contribution in [1.82, 2.24) is 5.32 Å². The fraction of sp³-hybridized carbons (Fsp3) is 0.136. The third kappa shape index (κ3) is 5.53. The van der Waals surface area contributed by atoms with Crippen LogP contribution in [-0.4, -0.2) is 27.1 Å². The van der Waals surface area contributed by atoms with E-state index in [0.717, 1.165) is 21.7 Å². The lowest BCUT2D eigenvalue weighted by atomic mass is 9.99. The van der Waals surface area contributed by atoms with E-state index in [1.54, 1.807) is 0 Å². The molecule has 0 aliphatic heterocycles. The standard InChI is InChI=1S/C22H20Cl2N2O3S/c1-30(28,29)26(20-13-12-18(23)14-19(20)24)15-21(27)25-22(16-8-4-2-5-9-16)17-10-6-3-7-11-17/h2-14,22H,15H2,1H3,(H,25,27). The Labute approximate surface area is 186 Å². The number of nitrogens with one attached hydrogen (secondary N) is 1. The molecule has 0 bridgehead atoms. The first kappa shape index (κ1) is 22.2. The number of hydrogen-bond donors (Lipinski definition) is 1. The number of hydrogen-bond acceptors (Lipinski definition) is 3. The van der Waals surface area contributed by atoms with Gasteiger partial charge in [-0.25, -0.2) is 8.42 Å². The van der Waals surface area contributed by atoms with E-state index in [2.05, 4.69) is 5.32 Å². The quantitative estimate of drug-likeness (QED) is 0.554. The molecule has 0 aromatic heterocycles. The Morgan fingerprint density at radius 3 is 1.93 bits per heavy atom. The molecule has 5 nitrogen and oxygen atoms in total. The van der Waals surface area contributed by atoms with Crippen LogP contribution >= 0.6 is 23.2 Å². The molecule has 0 spiro atoms. The van der Waals surface area contributed by atoms with Crippen molar-refractivity contribution < 1.29 is 13.2 Å². The summed E-state index contributed by atoms with van der Waals surface area (Å²) >= 11 is 12.1. The average molecular weight is 463 g/mol. The fourth-order valence-electron chi connectivity index (χ4n) is 3.05. The molecule has 1 amide bonds. The molecule has 0 unspecified atom stereocenters. The summed E-state index contributed by atoms with van der Waals surface area (Å²) in [6.07, 6.45) is 1.02. The van der Waals surface area contributed by atoms with Gasteiger partial charge in [-0.3, -0.25) is 9.10 Å². The molecule has 0 atom stereocenters. The highest BCUT2D eigenvalue weighted by Gasteiger charge is 2.25. The van der Waals surface area contributed by atoms with Crippen LogP contribution in [0.3, 0.4) is 0 Å². The van der Waals surface area contributed by atoms with Crippen LogP contribution in [0, 0.1) is 0 Å². The third-order valence-electron chi connectivity index (χ3n) is 4.44. The number of amides is 1. The molecule has 8 heteroatoms. The normalized spacial score (nSPS) is 11.3. The predicted molar refractivity (Wildman–Crippen MR) is 122 cm³/mol. The number of sulfonamides is 1. The molecule has 0 fully saturated rings. The molecule has 0 heterocycles. The number of carbonyl (C=O) groups excluding carboxylic acids is 1. The smallest absolute Gasteiger partial charge is 0.241 e. The minimum absolute atomic E-state index is 0.142. The van der Waals surface area contributed by atoms with Gasteiger partial charge in [-0.2, -0.15) is 0 Å². The highest BCUT2D eigenvalue weighted by atomic mass is 35.5. The van der Waals surface area contributed by atoms with E-state index >= 15 is 0 Å².